The number of hydrogen-bond acceptors (Lipinski definition) is 2. The number of nitrogens with one attached hydrogen (secondary N) is 1. The lowest BCUT2D eigenvalue weighted by Crippen LogP contribution is -2.25. The molecule has 0 aliphatic rings. The smallest absolute Gasteiger partial charge is 0.269 e. The van der Waals surface area contributed by atoms with E-state index in [0.717, 1.165) is 12.1 Å². The highest BCUT2D eigenvalue weighted by molar-refractivity contribution is 5.93. The molecule has 3 aromatic rings. The Hall–Kier alpha value is -3.09. The van der Waals surface area contributed by atoms with Crippen molar-refractivity contribution in [1.82, 2.24) is 15.1 Å². The van der Waals surface area contributed by atoms with Gasteiger partial charge in [-0.05, 0) is 36.4 Å². The molecule has 0 aliphatic heterocycles. The van der Waals surface area contributed by atoms with Gasteiger partial charge in [0, 0.05) is 30.8 Å². The van der Waals surface area contributed by atoms with Crippen molar-refractivity contribution in [1.29, 1.82) is 0 Å². The molecule has 25 heavy (non-hydrogen) atoms. The monoisotopic (exact) mass is 345 g/mol. The van der Waals surface area contributed by atoms with Gasteiger partial charge in [-0.25, -0.2) is 13.2 Å². The first-order valence-corrected chi connectivity index (χ1v) is 7.46. The van der Waals surface area contributed by atoms with Gasteiger partial charge >= 0.3 is 0 Å². The minimum atomic E-state index is -0.725. The molecule has 0 saturated heterocycles. The molecule has 0 fully saturated rings. The van der Waals surface area contributed by atoms with E-state index >= 15 is 0 Å². The zero-order chi connectivity index (χ0) is 18.0. The molecule has 0 bridgehead atoms. The van der Waals surface area contributed by atoms with Gasteiger partial charge in [-0.2, -0.15) is 5.10 Å². The van der Waals surface area contributed by atoms with Gasteiger partial charge in [0.1, 0.15) is 23.1 Å². The zero-order valence-corrected chi connectivity index (χ0v) is 13.3. The van der Waals surface area contributed by atoms with Crippen LogP contribution in [0.25, 0.3) is 11.3 Å². The number of rotatable bonds is 4. The fourth-order valence-corrected chi connectivity index (χ4v) is 2.37. The Morgan fingerprint density at radius 2 is 1.72 bits per heavy atom. The highest BCUT2D eigenvalue weighted by Gasteiger charge is 2.15. The topological polar surface area (TPSA) is 46.9 Å². The number of aromatic nitrogens is 2. The molecule has 1 N–H and O–H groups in total. The Bertz CT molecular complexity index is 920. The van der Waals surface area contributed by atoms with E-state index in [1.807, 2.05) is 0 Å². The fraction of sp³-hybridized carbons (Fsp3) is 0.111. The largest absolute Gasteiger partial charge is 0.347 e. The standard InChI is InChI=1S/C18H14F3N3O/c1-24-17(9-16(23-24)11-2-5-13(19)6-3-11)18(25)22-10-12-4-7-14(20)8-15(12)21/h2-9H,10H2,1H3,(H,22,25). The maximum atomic E-state index is 13.6. The van der Waals surface area contributed by atoms with E-state index in [2.05, 4.69) is 10.4 Å². The maximum absolute atomic E-state index is 13.6. The number of carbonyl (C=O) groups is 1. The first-order valence-electron chi connectivity index (χ1n) is 7.46. The molecule has 0 spiro atoms. The molecular weight excluding hydrogens is 331 g/mol. The van der Waals surface area contributed by atoms with Crippen molar-refractivity contribution in [3.8, 4) is 11.3 Å². The summed E-state index contributed by atoms with van der Waals surface area (Å²) in [5, 5.41) is 6.79. The van der Waals surface area contributed by atoms with Gasteiger partial charge < -0.3 is 5.32 Å². The molecule has 0 aliphatic carbocycles. The summed E-state index contributed by atoms with van der Waals surface area (Å²) in [6.07, 6.45) is 0. The summed E-state index contributed by atoms with van der Waals surface area (Å²) < 4.78 is 40.9. The molecule has 4 nitrogen and oxygen atoms in total. The van der Waals surface area contributed by atoms with Crippen LogP contribution in [-0.2, 0) is 13.6 Å². The van der Waals surface area contributed by atoms with Gasteiger partial charge in [0.15, 0.2) is 0 Å². The normalized spacial score (nSPS) is 10.7. The van der Waals surface area contributed by atoms with E-state index in [-0.39, 0.29) is 23.6 Å². The Labute approximate surface area is 141 Å². The van der Waals surface area contributed by atoms with E-state index < -0.39 is 17.5 Å². The molecule has 1 heterocycles. The molecule has 3 rings (SSSR count). The molecule has 0 unspecified atom stereocenters. The van der Waals surface area contributed by atoms with Gasteiger partial charge in [-0.15, -0.1) is 0 Å². The average molecular weight is 345 g/mol. The number of halogens is 3. The van der Waals surface area contributed by atoms with Crippen LogP contribution in [0.5, 0.6) is 0 Å². The highest BCUT2D eigenvalue weighted by atomic mass is 19.1. The lowest BCUT2D eigenvalue weighted by Gasteiger charge is -2.06. The number of amides is 1. The first-order chi connectivity index (χ1) is 11.9. The highest BCUT2D eigenvalue weighted by Crippen LogP contribution is 2.19. The SMILES string of the molecule is Cn1nc(-c2ccc(F)cc2)cc1C(=O)NCc1ccc(F)cc1F. The van der Waals surface area contributed by atoms with Crippen LogP contribution in [0.2, 0.25) is 0 Å². The van der Waals surface area contributed by atoms with Crippen LogP contribution in [0.4, 0.5) is 13.2 Å². The quantitative estimate of drug-likeness (QED) is 0.787. The number of nitrogens with zero attached hydrogens (tertiary/aromatic N) is 2. The van der Waals surface area contributed by atoms with Gasteiger partial charge in [-0.3, -0.25) is 9.48 Å². The summed E-state index contributed by atoms with van der Waals surface area (Å²) in [5.41, 5.74) is 1.62. The van der Waals surface area contributed by atoms with Crippen LogP contribution < -0.4 is 5.32 Å². The second-order valence-electron chi connectivity index (χ2n) is 5.46. The first kappa shape index (κ1) is 16.8. The summed E-state index contributed by atoms with van der Waals surface area (Å²) in [6.45, 7) is -0.0813. The minimum Gasteiger partial charge on any atom is -0.347 e. The van der Waals surface area contributed by atoms with Crippen molar-refractivity contribution in [3.63, 3.8) is 0 Å². The van der Waals surface area contributed by atoms with Crippen molar-refractivity contribution in [2.45, 2.75) is 6.54 Å². The lowest BCUT2D eigenvalue weighted by atomic mass is 10.1. The Balaban J connectivity index is 1.75. The molecule has 7 heteroatoms. The second kappa shape index (κ2) is 6.80. The fourth-order valence-electron chi connectivity index (χ4n) is 2.37. The predicted octanol–water partition coefficient (Wildman–Crippen LogP) is 3.43. The minimum absolute atomic E-state index is 0.0813. The predicted molar refractivity (Wildman–Crippen MR) is 86.1 cm³/mol. The van der Waals surface area contributed by atoms with E-state index in [1.54, 1.807) is 25.2 Å². The number of benzene rings is 2. The van der Waals surface area contributed by atoms with Crippen molar-refractivity contribution >= 4 is 5.91 Å². The summed E-state index contributed by atoms with van der Waals surface area (Å²) in [7, 11) is 1.60. The van der Waals surface area contributed by atoms with E-state index in [4.69, 9.17) is 0 Å². The van der Waals surface area contributed by atoms with Gasteiger partial charge in [-0.1, -0.05) is 6.07 Å². The third-order valence-corrected chi connectivity index (χ3v) is 3.71. The van der Waals surface area contributed by atoms with Crippen LogP contribution >= 0.6 is 0 Å². The molecule has 0 atom stereocenters. The van der Waals surface area contributed by atoms with Crippen LogP contribution in [0.3, 0.4) is 0 Å². The van der Waals surface area contributed by atoms with Crippen molar-refractivity contribution in [3.05, 3.63) is 77.2 Å². The van der Waals surface area contributed by atoms with Gasteiger partial charge in [0.2, 0.25) is 0 Å². The molecule has 1 aromatic heterocycles. The van der Waals surface area contributed by atoms with E-state index in [1.165, 1.54) is 22.9 Å². The van der Waals surface area contributed by atoms with E-state index in [9.17, 15) is 18.0 Å². The Morgan fingerprint density at radius 1 is 1.04 bits per heavy atom. The number of hydrogen-bond donors (Lipinski definition) is 1. The molecule has 0 saturated carbocycles. The summed E-state index contributed by atoms with van der Waals surface area (Å²) in [5.74, 6) is -2.22. The Morgan fingerprint density at radius 3 is 2.40 bits per heavy atom. The summed E-state index contributed by atoms with van der Waals surface area (Å²) in [6, 6.07) is 10.5. The molecular formula is C18H14F3N3O. The second-order valence-corrected chi connectivity index (χ2v) is 5.46. The summed E-state index contributed by atoms with van der Waals surface area (Å²) >= 11 is 0. The molecule has 1 amide bonds. The third-order valence-electron chi connectivity index (χ3n) is 3.71. The van der Waals surface area contributed by atoms with Crippen LogP contribution in [0, 0.1) is 17.5 Å². The van der Waals surface area contributed by atoms with Crippen LogP contribution in [0.1, 0.15) is 16.1 Å². The van der Waals surface area contributed by atoms with Crippen molar-refractivity contribution in [2.75, 3.05) is 0 Å². The van der Waals surface area contributed by atoms with Crippen LogP contribution in [-0.4, -0.2) is 15.7 Å². The molecule has 2 aromatic carbocycles. The number of carbonyl (C=O) groups excluding carboxylic acids is 1. The number of aryl methyl sites for hydroxylation is 1. The lowest BCUT2D eigenvalue weighted by molar-refractivity contribution is 0.0941. The van der Waals surface area contributed by atoms with Crippen molar-refractivity contribution < 1.29 is 18.0 Å². The summed E-state index contributed by atoms with van der Waals surface area (Å²) in [4.78, 5) is 12.3. The van der Waals surface area contributed by atoms with Crippen LogP contribution in [0.15, 0.2) is 48.5 Å². The third kappa shape index (κ3) is 3.71. The van der Waals surface area contributed by atoms with Gasteiger partial charge in [0.05, 0.1) is 5.69 Å². The van der Waals surface area contributed by atoms with E-state index in [0.29, 0.717) is 11.3 Å². The average Bonchev–Trinajstić information content (AvgIpc) is 2.96. The van der Waals surface area contributed by atoms with Gasteiger partial charge in [0.25, 0.3) is 5.91 Å². The molecule has 0 radical (unpaired) electrons. The maximum Gasteiger partial charge on any atom is 0.269 e. The van der Waals surface area contributed by atoms with Crippen molar-refractivity contribution in [2.24, 2.45) is 7.05 Å². The zero-order valence-electron chi connectivity index (χ0n) is 13.3. The molecule has 128 valence electrons. The Kier molecular flexibility index (Phi) is 4.56.